The van der Waals surface area contributed by atoms with E-state index in [1.807, 2.05) is 0 Å². The minimum atomic E-state index is -1.11. The Hall–Kier alpha value is -3.26. The zero-order valence-electron chi connectivity index (χ0n) is 13.8. The monoisotopic (exact) mass is 388 g/mol. The van der Waals surface area contributed by atoms with E-state index in [4.69, 9.17) is 16.7 Å². The van der Waals surface area contributed by atoms with Gasteiger partial charge < -0.3 is 9.67 Å². The maximum atomic E-state index is 14.4. The van der Waals surface area contributed by atoms with Gasteiger partial charge >= 0.3 is 5.97 Å². The zero-order chi connectivity index (χ0) is 19.3. The predicted molar refractivity (Wildman–Crippen MR) is 94.7 cm³/mol. The van der Waals surface area contributed by atoms with Crippen LogP contribution in [0.2, 0.25) is 5.15 Å². The smallest absolute Gasteiger partial charge is 0.335 e. The van der Waals surface area contributed by atoms with Crippen molar-refractivity contribution in [1.82, 2.24) is 18.9 Å². The summed E-state index contributed by atoms with van der Waals surface area (Å²) in [5.74, 6) is -2.25. The number of nitrogens with zero attached hydrogens (tertiary/aromatic N) is 4. The van der Waals surface area contributed by atoms with Crippen LogP contribution in [-0.4, -0.2) is 30.0 Å². The van der Waals surface area contributed by atoms with E-state index in [0.29, 0.717) is 5.56 Å². The molecule has 0 amide bonds. The molecule has 0 radical (unpaired) electrons. The summed E-state index contributed by atoms with van der Waals surface area (Å²) < 4.78 is 31.0. The molecule has 27 heavy (non-hydrogen) atoms. The molecule has 4 rings (SSSR count). The number of fused-ring (bicyclic) bond motifs is 1. The highest BCUT2D eigenvalue weighted by Crippen LogP contribution is 2.36. The number of rotatable bonds is 3. The normalized spacial score (nSPS) is 11.3. The Bertz CT molecular complexity index is 1220. The molecule has 1 N–H and O–H groups in total. The van der Waals surface area contributed by atoms with Crippen LogP contribution in [0, 0.1) is 11.8 Å². The molecule has 0 saturated heterocycles. The molecule has 0 atom stereocenters. The highest BCUT2D eigenvalue weighted by atomic mass is 35.5. The second kappa shape index (κ2) is 6.17. The molecule has 0 saturated carbocycles. The first-order valence-corrected chi connectivity index (χ1v) is 8.12. The number of hydrogen-bond acceptors (Lipinski definition) is 3. The number of aromatic carboxylic acids is 1. The Morgan fingerprint density at radius 1 is 1.15 bits per heavy atom. The van der Waals surface area contributed by atoms with Gasteiger partial charge in [0.15, 0.2) is 0 Å². The lowest BCUT2D eigenvalue weighted by atomic mass is 10.0. The number of carbonyl (C=O) groups is 1. The number of halogens is 3. The van der Waals surface area contributed by atoms with Gasteiger partial charge in [0.25, 0.3) is 0 Å². The second-order valence-electron chi connectivity index (χ2n) is 5.88. The summed E-state index contributed by atoms with van der Waals surface area (Å²) in [5, 5.41) is 9.27. The first-order valence-electron chi connectivity index (χ1n) is 7.75. The summed E-state index contributed by atoms with van der Waals surface area (Å²) in [6, 6.07) is 6.50. The largest absolute Gasteiger partial charge is 0.478 e. The van der Waals surface area contributed by atoms with E-state index in [1.54, 1.807) is 0 Å². The lowest BCUT2D eigenvalue weighted by Crippen LogP contribution is -1.97. The van der Waals surface area contributed by atoms with Crippen molar-refractivity contribution in [3.8, 4) is 22.5 Å². The van der Waals surface area contributed by atoms with Crippen LogP contribution >= 0.6 is 11.6 Å². The fourth-order valence-corrected chi connectivity index (χ4v) is 3.12. The molecule has 136 valence electrons. The molecular formula is C18H11ClF2N4O2. The van der Waals surface area contributed by atoms with Gasteiger partial charge in [-0.15, -0.1) is 0 Å². The topological polar surface area (TPSA) is 72.4 Å². The number of carboxylic acid groups (broad SMARTS) is 1. The Balaban J connectivity index is 1.98. The SMILES string of the molecule is Cn1cnc(-c2ccc(F)cc2-c2nc3cc(C(=O)O)ccn3c2Cl)c1F. The van der Waals surface area contributed by atoms with E-state index in [0.717, 1.165) is 0 Å². The Labute approximate surface area is 156 Å². The van der Waals surface area contributed by atoms with Gasteiger partial charge in [-0.1, -0.05) is 11.6 Å². The maximum Gasteiger partial charge on any atom is 0.335 e. The number of aromatic nitrogens is 4. The Kier molecular flexibility index (Phi) is 3.92. The molecular weight excluding hydrogens is 378 g/mol. The molecule has 0 fully saturated rings. The van der Waals surface area contributed by atoms with Crippen molar-refractivity contribution in [2.45, 2.75) is 0 Å². The number of imidazole rings is 2. The van der Waals surface area contributed by atoms with Gasteiger partial charge in [0.05, 0.1) is 11.9 Å². The third kappa shape index (κ3) is 2.74. The Morgan fingerprint density at radius 2 is 1.93 bits per heavy atom. The molecule has 0 unspecified atom stereocenters. The van der Waals surface area contributed by atoms with Gasteiger partial charge in [0.1, 0.15) is 28.0 Å². The number of benzene rings is 1. The van der Waals surface area contributed by atoms with E-state index < -0.39 is 17.7 Å². The van der Waals surface area contributed by atoms with Gasteiger partial charge in [0.2, 0.25) is 5.95 Å². The molecule has 6 nitrogen and oxygen atoms in total. The first-order chi connectivity index (χ1) is 12.9. The van der Waals surface area contributed by atoms with Gasteiger partial charge in [-0.25, -0.2) is 19.2 Å². The quantitative estimate of drug-likeness (QED) is 0.575. The van der Waals surface area contributed by atoms with Crippen molar-refractivity contribution >= 4 is 23.2 Å². The highest BCUT2D eigenvalue weighted by Gasteiger charge is 2.21. The van der Waals surface area contributed by atoms with Crippen molar-refractivity contribution in [3.05, 3.63) is 65.3 Å². The number of pyridine rings is 1. The van der Waals surface area contributed by atoms with E-state index in [9.17, 15) is 13.6 Å². The average Bonchev–Trinajstić information content (AvgIpc) is 3.15. The summed E-state index contributed by atoms with van der Waals surface area (Å²) >= 11 is 6.39. The van der Waals surface area contributed by atoms with E-state index >= 15 is 0 Å². The van der Waals surface area contributed by atoms with Crippen LogP contribution in [0.25, 0.3) is 28.2 Å². The van der Waals surface area contributed by atoms with Crippen LogP contribution < -0.4 is 0 Å². The van der Waals surface area contributed by atoms with Gasteiger partial charge in [-0.3, -0.25) is 4.40 Å². The standard InChI is InChI=1S/C18H11ClF2N4O2/c1-24-8-22-15(17(24)21)11-3-2-10(20)7-12(11)14-16(19)25-5-4-9(18(26)27)6-13(25)23-14/h2-8H,1H3,(H,26,27). The number of hydrogen-bond donors (Lipinski definition) is 1. The lowest BCUT2D eigenvalue weighted by molar-refractivity contribution is 0.0697. The average molecular weight is 389 g/mol. The van der Waals surface area contributed by atoms with Crippen LogP contribution in [0.1, 0.15) is 10.4 Å². The molecule has 0 aliphatic rings. The molecule has 9 heteroatoms. The summed E-state index contributed by atoms with van der Waals surface area (Å²) in [4.78, 5) is 19.5. The highest BCUT2D eigenvalue weighted by molar-refractivity contribution is 6.32. The molecule has 0 aliphatic carbocycles. The van der Waals surface area contributed by atoms with E-state index in [1.165, 1.54) is 58.9 Å². The molecule has 0 bridgehead atoms. The van der Waals surface area contributed by atoms with Crippen molar-refractivity contribution in [2.24, 2.45) is 7.05 Å². The molecule has 3 aromatic heterocycles. The van der Waals surface area contributed by atoms with Crippen molar-refractivity contribution in [2.75, 3.05) is 0 Å². The summed E-state index contributed by atoms with van der Waals surface area (Å²) in [6.07, 6.45) is 2.76. The number of aryl methyl sites for hydroxylation is 1. The van der Waals surface area contributed by atoms with Crippen molar-refractivity contribution in [3.63, 3.8) is 0 Å². The molecule has 3 heterocycles. The van der Waals surface area contributed by atoms with E-state index in [-0.39, 0.29) is 33.3 Å². The van der Waals surface area contributed by atoms with Gasteiger partial charge in [-0.05, 0) is 30.3 Å². The number of carboxylic acids is 1. The van der Waals surface area contributed by atoms with Crippen molar-refractivity contribution in [1.29, 1.82) is 0 Å². The van der Waals surface area contributed by atoms with Crippen LogP contribution in [-0.2, 0) is 7.05 Å². The van der Waals surface area contributed by atoms with Crippen LogP contribution in [0.5, 0.6) is 0 Å². The lowest BCUT2D eigenvalue weighted by Gasteiger charge is -2.07. The zero-order valence-corrected chi connectivity index (χ0v) is 14.6. The fourth-order valence-electron chi connectivity index (χ4n) is 2.83. The van der Waals surface area contributed by atoms with Gasteiger partial charge in [0, 0.05) is 24.4 Å². The first kappa shape index (κ1) is 17.2. The van der Waals surface area contributed by atoms with Crippen LogP contribution in [0.15, 0.2) is 42.9 Å². The van der Waals surface area contributed by atoms with Crippen LogP contribution in [0.4, 0.5) is 8.78 Å². The minimum Gasteiger partial charge on any atom is -0.478 e. The van der Waals surface area contributed by atoms with Crippen LogP contribution in [0.3, 0.4) is 0 Å². The Morgan fingerprint density at radius 3 is 2.59 bits per heavy atom. The molecule has 0 aliphatic heterocycles. The predicted octanol–water partition coefficient (Wildman–Crippen LogP) is 4.03. The fraction of sp³-hybridized carbons (Fsp3) is 0.0556. The molecule has 0 spiro atoms. The van der Waals surface area contributed by atoms with Gasteiger partial charge in [-0.2, -0.15) is 4.39 Å². The summed E-state index contributed by atoms with van der Waals surface area (Å²) in [7, 11) is 1.50. The minimum absolute atomic E-state index is 0.0333. The third-order valence-corrected chi connectivity index (χ3v) is 4.53. The van der Waals surface area contributed by atoms with E-state index in [2.05, 4.69) is 9.97 Å². The second-order valence-corrected chi connectivity index (χ2v) is 6.24. The summed E-state index contributed by atoms with van der Waals surface area (Å²) in [6.45, 7) is 0. The third-order valence-electron chi connectivity index (χ3n) is 4.17. The maximum absolute atomic E-state index is 14.4. The molecule has 1 aromatic carbocycles. The summed E-state index contributed by atoms with van der Waals surface area (Å²) in [5.41, 5.74) is 1.10. The van der Waals surface area contributed by atoms with Crippen molar-refractivity contribution < 1.29 is 18.7 Å². The molecule has 4 aromatic rings.